The molecule has 164 valence electrons. The standard InChI is InChI=1S/C25H27N5O2/c1-18-15-28(14-13-19-9-5-3-6-10-19)24-26-22-21(29(24)16-18)23(31)30(25(32)27(22)2)17-20-11-7-4-8-12-20/h3-12,18H,13-17H2,1-2H3/t18-/m1/s1. The minimum atomic E-state index is -0.342. The second-order valence-corrected chi connectivity index (χ2v) is 8.70. The summed E-state index contributed by atoms with van der Waals surface area (Å²) in [6.07, 6.45) is 0.897. The van der Waals surface area contributed by atoms with Crippen molar-refractivity contribution in [3.8, 4) is 0 Å². The largest absolute Gasteiger partial charge is 0.342 e. The van der Waals surface area contributed by atoms with Crippen LogP contribution >= 0.6 is 0 Å². The smallest absolute Gasteiger partial charge is 0.332 e. The van der Waals surface area contributed by atoms with Crippen LogP contribution in [0.1, 0.15) is 18.1 Å². The molecule has 7 heteroatoms. The van der Waals surface area contributed by atoms with Crippen LogP contribution in [0.3, 0.4) is 0 Å². The summed E-state index contributed by atoms with van der Waals surface area (Å²) >= 11 is 0. The number of fused-ring (bicyclic) bond motifs is 3. The van der Waals surface area contributed by atoms with Gasteiger partial charge in [0.25, 0.3) is 5.56 Å². The maximum absolute atomic E-state index is 13.5. The van der Waals surface area contributed by atoms with Gasteiger partial charge in [0, 0.05) is 26.7 Å². The van der Waals surface area contributed by atoms with Crippen molar-refractivity contribution in [1.29, 1.82) is 0 Å². The van der Waals surface area contributed by atoms with Crippen LogP contribution in [-0.2, 0) is 26.6 Å². The molecule has 32 heavy (non-hydrogen) atoms. The van der Waals surface area contributed by atoms with Gasteiger partial charge in [0.1, 0.15) is 0 Å². The lowest BCUT2D eigenvalue weighted by Crippen LogP contribution is -2.41. The van der Waals surface area contributed by atoms with Gasteiger partial charge >= 0.3 is 5.69 Å². The lowest BCUT2D eigenvalue weighted by molar-refractivity contribution is 0.437. The highest BCUT2D eigenvalue weighted by atomic mass is 16.2. The van der Waals surface area contributed by atoms with E-state index in [0.29, 0.717) is 23.6 Å². The highest BCUT2D eigenvalue weighted by molar-refractivity contribution is 5.75. The van der Waals surface area contributed by atoms with Crippen molar-refractivity contribution in [1.82, 2.24) is 18.7 Å². The van der Waals surface area contributed by atoms with Crippen molar-refractivity contribution in [2.45, 2.75) is 26.4 Å². The second kappa shape index (κ2) is 8.15. The molecule has 0 spiro atoms. The molecule has 0 radical (unpaired) electrons. The Bertz CT molecular complexity index is 1370. The number of hydrogen-bond acceptors (Lipinski definition) is 4. The van der Waals surface area contributed by atoms with E-state index in [1.54, 1.807) is 7.05 Å². The predicted octanol–water partition coefficient (Wildman–Crippen LogP) is 2.64. The van der Waals surface area contributed by atoms with E-state index in [2.05, 4.69) is 24.0 Å². The Morgan fingerprint density at radius 2 is 1.59 bits per heavy atom. The quantitative estimate of drug-likeness (QED) is 0.489. The van der Waals surface area contributed by atoms with E-state index in [0.717, 1.165) is 31.0 Å². The fourth-order valence-corrected chi connectivity index (χ4v) is 4.61. The lowest BCUT2D eigenvalue weighted by Gasteiger charge is -2.33. The van der Waals surface area contributed by atoms with Gasteiger partial charge in [-0.15, -0.1) is 0 Å². The number of rotatable bonds is 5. The number of benzene rings is 2. The van der Waals surface area contributed by atoms with Gasteiger partial charge in [0.05, 0.1) is 6.54 Å². The van der Waals surface area contributed by atoms with Crippen LogP contribution in [0.4, 0.5) is 5.95 Å². The van der Waals surface area contributed by atoms with E-state index in [1.807, 2.05) is 53.1 Å². The zero-order chi connectivity index (χ0) is 22.2. The van der Waals surface area contributed by atoms with E-state index in [4.69, 9.17) is 4.98 Å². The van der Waals surface area contributed by atoms with Crippen molar-refractivity contribution < 1.29 is 0 Å². The third-order valence-corrected chi connectivity index (χ3v) is 6.22. The summed E-state index contributed by atoms with van der Waals surface area (Å²) in [5, 5.41) is 0. The van der Waals surface area contributed by atoms with Crippen molar-refractivity contribution in [3.05, 3.63) is 92.6 Å². The summed E-state index contributed by atoms with van der Waals surface area (Å²) in [5.41, 5.74) is 2.54. The van der Waals surface area contributed by atoms with E-state index in [-0.39, 0.29) is 17.8 Å². The van der Waals surface area contributed by atoms with Crippen LogP contribution in [0.2, 0.25) is 0 Å². The van der Waals surface area contributed by atoms with Gasteiger partial charge in [0.2, 0.25) is 5.95 Å². The van der Waals surface area contributed by atoms with Gasteiger partial charge in [-0.25, -0.2) is 4.79 Å². The first-order chi connectivity index (χ1) is 15.5. The topological polar surface area (TPSA) is 65.1 Å². The highest BCUT2D eigenvalue weighted by Gasteiger charge is 2.28. The molecule has 0 saturated heterocycles. The Balaban J connectivity index is 1.59. The van der Waals surface area contributed by atoms with Crippen molar-refractivity contribution in [3.63, 3.8) is 0 Å². The molecule has 0 fully saturated rings. The summed E-state index contributed by atoms with van der Waals surface area (Å²) in [6.45, 7) is 4.84. The predicted molar refractivity (Wildman–Crippen MR) is 126 cm³/mol. The minimum Gasteiger partial charge on any atom is -0.342 e. The van der Waals surface area contributed by atoms with Gasteiger partial charge < -0.3 is 9.47 Å². The molecule has 7 nitrogen and oxygen atoms in total. The molecule has 0 bridgehead atoms. The third kappa shape index (κ3) is 3.53. The number of imidazole rings is 1. The monoisotopic (exact) mass is 429 g/mol. The van der Waals surface area contributed by atoms with Gasteiger partial charge in [-0.3, -0.25) is 13.9 Å². The Morgan fingerprint density at radius 1 is 0.938 bits per heavy atom. The molecule has 0 saturated carbocycles. The van der Waals surface area contributed by atoms with Gasteiger partial charge in [-0.1, -0.05) is 67.6 Å². The summed E-state index contributed by atoms with van der Waals surface area (Å²) in [7, 11) is 1.70. The Kier molecular flexibility index (Phi) is 5.17. The van der Waals surface area contributed by atoms with E-state index in [1.165, 1.54) is 14.7 Å². The first-order valence-electron chi connectivity index (χ1n) is 11.1. The first kappa shape index (κ1) is 20.3. The summed E-state index contributed by atoms with van der Waals surface area (Å²) < 4.78 is 4.84. The van der Waals surface area contributed by atoms with Gasteiger partial charge in [-0.05, 0) is 23.5 Å². The molecule has 1 atom stereocenters. The van der Waals surface area contributed by atoms with Crippen molar-refractivity contribution >= 4 is 17.1 Å². The molecule has 0 N–H and O–H groups in total. The minimum absolute atomic E-state index is 0.246. The molecule has 2 aromatic carbocycles. The average molecular weight is 430 g/mol. The van der Waals surface area contributed by atoms with E-state index in [9.17, 15) is 9.59 Å². The zero-order valence-electron chi connectivity index (χ0n) is 18.4. The summed E-state index contributed by atoms with van der Waals surface area (Å²) in [6, 6.07) is 20.0. The van der Waals surface area contributed by atoms with Gasteiger partial charge in [-0.2, -0.15) is 4.98 Å². The Hall–Kier alpha value is -3.61. The average Bonchev–Trinajstić information content (AvgIpc) is 3.20. The molecule has 1 aliphatic rings. The molecule has 4 aromatic rings. The molecule has 2 aromatic heterocycles. The normalized spacial score (nSPS) is 15.8. The maximum atomic E-state index is 13.5. The van der Waals surface area contributed by atoms with Crippen LogP contribution in [0.25, 0.3) is 11.2 Å². The van der Waals surface area contributed by atoms with Gasteiger partial charge in [0.15, 0.2) is 11.2 Å². The number of nitrogens with zero attached hydrogens (tertiary/aromatic N) is 5. The summed E-state index contributed by atoms with van der Waals surface area (Å²) in [4.78, 5) is 33.6. The van der Waals surface area contributed by atoms with Crippen LogP contribution in [0.15, 0.2) is 70.3 Å². The summed E-state index contributed by atoms with van der Waals surface area (Å²) in [5.74, 6) is 1.15. The third-order valence-electron chi connectivity index (χ3n) is 6.22. The SMILES string of the molecule is C[C@@H]1CN(CCc2ccccc2)c2nc3c(c(=O)n(Cc4ccccc4)c(=O)n3C)n2C1. The fourth-order valence-electron chi connectivity index (χ4n) is 4.61. The number of aromatic nitrogens is 4. The molecule has 3 heterocycles. The van der Waals surface area contributed by atoms with Crippen LogP contribution in [-0.4, -0.2) is 31.8 Å². The highest BCUT2D eigenvalue weighted by Crippen LogP contribution is 2.27. The fraction of sp³-hybridized carbons (Fsp3) is 0.320. The van der Waals surface area contributed by atoms with Crippen LogP contribution < -0.4 is 16.1 Å². The maximum Gasteiger partial charge on any atom is 0.332 e. The number of aryl methyl sites for hydroxylation is 1. The first-order valence-corrected chi connectivity index (χ1v) is 11.1. The molecular formula is C25H27N5O2. The molecule has 0 aliphatic carbocycles. The number of hydrogen-bond donors (Lipinski definition) is 0. The number of anilines is 1. The van der Waals surface area contributed by atoms with E-state index < -0.39 is 0 Å². The molecule has 0 unspecified atom stereocenters. The Morgan fingerprint density at radius 3 is 2.28 bits per heavy atom. The lowest BCUT2D eigenvalue weighted by atomic mass is 10.1. The molecule has 0 amide bonds. The molecule has 1 aliphatic heterocycles. The van der Waals surface area contributed by atoms with Crippen molar-refractivity contribution in [2.75, 3.05) is 18.0 Å². The molecular weight excluding hydrogens is 402 g/mol. The second-order valence-electron chi connectivity index (χ2n) is 8.70. The Labute approximate surface area is 186 Å². The van der Waals surface area contributed by atoms with E-state index >= 15 is 0 Å². The van der Waals surface area contributed by atoms with Crippen molar-refractivity contribution in [2.24, 2.45) is 13.0 Å². The zero-order valence-corrected chi connectivity index (χ0v) is 18.4. The van der Waals surface area contributed by atoms with Crippen LogP contribution in [0, 0.1) is 5.92 Å². The molecule has 5 rings (SSSR count). The van der Waals surface area contributed by atoms with Crippen LogP contribution in [0.5, 0.6) is 0 Å².